The van der Waals surface area contributed by atoms with Crippen molar-refractivity contribution >= 4 is 5.69 Å². The molecule has 0 aromatic heterocycles. The second-order valence-electron chi connectivity index (χ2n) is 3.04. The zero-order valence-corrected chi connectivity index (χ0v) is 7.96. The van der Waals surface area contributed by atoms with E-state index in [1.54, 1.807) is 0 Å². The predicted octanol–water partition coefficient (Wildman–Crippen LogP) is 2.35. The van der Waals surface area contributed by atoms with Crippen LogP contribution < -0.4 is 11.1 Å². The van der Waals surface area contributed by atoms with Crippen LogP contribution in [0.1, 0.15) is 13.3 Å². The van der Waals surface area contributed by atoms with Gasteiger partial charge in [-0.25, -0.2) is 0 Å². The van der Waals surface area contributed by atoms with Gasteiger partial charge >= 0.3 is 0 Å². The molecule has 0 bridgehead atoms. The van der Waals surface area contributed by atoms with Gasteiger partial charge in [0.1, 0.15) is 0 Å². The molecule has 0 fully saturated rings. The highest BCUT2D eigenvalue weighted by Gasteiger charge is 1.87. The maximum Gasteiger partial charge on any atom is 0.0379 e. The van der Waals surface area contributed by atoms with Crippen molar-refractivity contribution in [1.82, 2.24) is 0 Å². The number of benzene rings is 1. The summed E-state index contributed by atoms with van der Waals surface area (Å²) in [5.41, 5.74) is 7.81. The van der Waals surface area contributed by atoms with Crippen molar-refractivity contribution in [2.24, 2.45) is 5.73 Å². The van der Waals surface area contributed by atoms with Gasteiger partial charge in [0.25, 0.3) is 0 Å². The van der Waals surface area contributed by atoms with Crippen LogP contribution in [0.25, 0.3) is 0 Å². The van der Waals surface area contributed by atoms with E-state index in [9.17, 15) is 0 Å². The van der Waals surface area contributed by atoms with Gasteiger partial charge in [-0.05, 0) is 38.2 Å². The summed E-state index contributed by atoms with van der Waals surface area (Å²) in [5.74, 6) is 0. The number of anilines is 1. The SMILES string of the molecule is C/C(=C\Nc1ccccc1)CCN. The number of nitrogens with one attached hydrogen (secondary N) is 1. The van der Waals surface area contributed by atoms with Crippen LogP contribution >= 0.6 is 0 Å². The van der Waals surface area contributed by atoms with E-state index in [1.165, 1.54) is 5.57 Å². The fraction of sp³-hybridized carbons (Fsp3) is 0.273. The molecule has 0 saturated carbocycles. The standard InChI is InChI=1S/C11H16N2/c1-10(7-8-12)9-13-11-5-3-2-4-6-11/h2-6,9,13H,7-8,12H2,1H3/b10-9+. The Labute approximate surface area is 79.5 Å². The Morgan fingerprint density at radius 2 is 2.08 bits per heavy atom. The molecular weight excluding hydrogens is 160 g/mol. The molecule has 13 heavy (non-hydrogen) atoms. The quantitative estimate of drug-likeness (QED) is 0.739. The number of para-hydroxylation sites is 1. The maximum atomic E-state index is 5.43. The first kappa shape index (κ1) is 9.81. The normalized spacial score (nSPS) is 11.4. The molecule has 2 heteroatoms. The molecule has 0 saturated heterocycles. The first-order chi connectivity index (χ1) is 6.33. The third-order valence-corrected chi connectivity index (χ3v) is 1.80. The van der Waals surface area contributed by atoms with Crippen LogP contribution in [0.3, 0.4) is 0 Å². The van der Waals surface area contributed by atoms with E-state index < -0.39 is 0 Å². The minimum absolute atomic E-state index is 0.707. The summed E-state index contributed by atoms with van der Waals surface area (Å²) in [6.07, 6.45) is 2.95. The molecule has 0 radical (unpaired) electrons. The molecule has 0 aliphatic carbocycles. The van der Waals surface area contributed by atoms with Gasteiger partial charge in [-0.1, -0.05) is 23.8 Å². The zero-order chi connectivity index (χ0) is 9.52. The van der Waals surface area contributed by atoms with Gasteiger partial charge in [0, 0.05) is 5.69 Å². The molecule has 2 nitrogen and oxygen atoms in total. The van der Waals surface area contributed by atoms with Crippen LogP contribution in [-0.2, 0) is 0 Å². The molecule has 0 unspecified atom stereocenters. The average Bonchev–Trinajstić information content (AvgIpc) is 2.17. The van der Waals surface area contributed by atoms with E-state index in [4.69, 9.17) is 5.73 Å². The monoisotopic (exact) mass is 176 g/mol. The van der Waals surface area contributed by atoms with Crippen molar-refractivity contribution in [2.45, 2.75) is 13.3 Å². The van der Waals surface area contributed by atoms with Gasteiger partial charge in [-0.2, -0.15) is 0 Å². The van der Waals surface area contributed by atoms with E-state index in [2.05, 4.69) is 12.2 Å². The van der Waals surface area contributed by atoms with Gasteiger partial charge < -0.3 is 11.1 Å². The van der Waals surface area contributed by atoms with Crippen LogP contribution in [0.5, 0.6) is 0 Å². The summed E-state index contributed by atoms with van der Waals surface area (Å²) >= 11 is 0. The topological polar surface area (TPSA) is 38.0 Å². The predicted molar refractivity (Wildman–Crippen MR) is 57.5 cm³/mol. The van der Waals surface area contributed by atoms with Crippen molar-refractivity contribution in [3.8, 4) is 0 Å². The molecule has 0 amide bonds. The molecule has 1 aromatic rings. The van der Waals surface area contributed by atoms with Crippen molar-refractivity contribution < 1.29 is 0 Å². The largest absolute Gasteiger partial charge is 0.362 e. The second kappa shape index (κ2) is 5.38. The van der Waals surface area contributed by atoms with E-state index in [0.29, 0.717) is 6.54 Å². The summed E-state index contributed by atoms with van der Waals surface area (Å²) in [7, 11) is 0. The van der Waals surface area contributed by atoms with Crippen molar-refractivity contribution in [3.05, 3.63) is 42.1 Å². The highest BCUT2D eigenvalue weighted by atomic mass is 14.8. The van der Waals surface area contributed by atoms with Crippen LogP contribution in [0, 0.1) is 0 Å². The van der Waals surface area contributed by atoms with Crippen LogP contribution in [0.2, 0.25) is 0 Å². The molecule has 70 valence electrons. The Morgan fingerprint density at radius 1 is 1.38 bits per heavy atom. The van der Waals surface area contributed by atoms with Crippen LogP contribution in [0.15, 0.2) is 42.1 Å². The molecule has 1 rings (SSSR count). The highest BCUT2D eigenvalue weighted by Crippen LogP contribution is 2.06. The summed E-state index contributed by atoms with van der Waals surface area (Å²) in [5, 5.41) is 3.21. The minimum Gasteiger partial charge on any atom is -0.362 e. The average molecular weight is 176 g/mol. The maximum absolute atomic E-state index is 5.43. The van der Waals surface area contributed by atoms with Gasteiger partial charge in [0.15, 0.2) is 0 Å². The fourth-order valence-corrected chi connectivity index (χ4v) is 1.04. The third kappa shape index (κ3) is 3.76. The zero-order valence-electron chi connectivity index (χ0n) is 7.96. The molecule has 3 N–H and O–H groups in total. The third-order valence-electron chi connectivity index (χ3n) is 1.80. The second-order valence-corrected chi connectivity index (χ2v) is 3.04. The first-order valence-corrected chi connectivity index (χ1v) is 4.50. The Balaban J connectivity index is 2.47. The minimum atomic E-state index is 0.707. The summed E-state index contributed by atoms with van der Waals surface area (Å²) < 4.78 is 0. The lowest BCUT2D eigenvalue weighted by molar-refractivity contribution is 0.948. The van der Waals surface area contributed by atoms with Gasteiger partial charge in [-0.3, -0.25) is 0 Å². The van der Waals surface area contributed by atoms with E-state index in [0.717, 1.165) is 12.1 Å². The molecule has 0 aliphatic rings. The summed E-state index contributed by atoms with van der Waals surface area (Å²) in [6, 6.07) is 10.1. The summed E-state index contributed by atoms with van der Waals surface area (Å²) in [4.78, 5) is 0. The van der Waals surface area contributed by atoms with Crippen LogP contribution in [-0.4, -0.2) is 6.54 Å². The van der Waals surface area contributed by atoms with Crippen molar-refractivity contribution in [2.75, 3.05) is 11.9 Å². The number of rotatable bonds is 4. The highest BCUT2D eigenvalue weighted by molar-refractivity contribution is 5.45. The smallest absolute Gasteiger partial charge is 0.0379 e. The Kier molecular flexibility index (Phi) is 4.06. The molecule has 0 spiro atoms. The molecule has 0 aliphatic heterocycles. The van der Waals surface area contributed by atoms with Gasteiger partial charge in [0.05, 0.1) is 0 Å². The van der Waals surface area contributed by atoms with E-state index in [1.807, 2.05) is 36.5 Å². The van der Waals surface area contributed by atoms with Crippen molar-refractivity contribution in [1.29, 1.82) is 0 Å². The number of hydrogen-bond acceptors (Lipinski definition) is 2. The molecular formula is C11H16N2. The Morgan fingerprint density at radius 3 is 2.69 bits per heavy atom. The van der Waals surface area contributed by atoms with Crippen LogP contribution in [0.4, 0.5) is 5.69 Å². The Hall–Kier alpha value is -1.28. The number of nitrogens with two attached hydrogens (primary N) is 1. The number of hydrogen-bond donors (Lipinski definition) is 2. The molecule has 0 atom stereocenters. The first-order valence-electron chi connectivity index (χ1n) is 4.50. The Bertz CT molecular complexity index is 265. The van der Waals surface area contributed by atoms with Crippen molar-refractivity contribution in [3.63, 3.8) is 0 Å². The lowest BCUT2D eigenvalue weighted by atomic mass is 10.2. The van der Waals surface area contributed by atoms with E-state index in [-0.39, 0.29) is 0 Å². The lowest BCUT2D eigenvalue weighted by Gasteiger charge is -2.02. The fourth-order valence-electron chi connectivity index (χ4n) is 1.04. The van der Waals surface area contributed by atoms with Gasteiger partial charge in [0.2, 0.25) is 0 Å². The molecule has 1 aromatic carbocycles. The lowest BCUT2D eigenvalue weighted by Crippen LogP contribution is -1.99. The van der Waals surface area contributed by atoms with Gasteiger partial charge in [-0.15, -0.1) is 0 Å². The van der Waals surface area contributed by atoms with E-state index >= 15 is 0 Å². The summed E-state index contributed by atoms with van der Waals surface area (Å²) in [6.45, 7) is 2.78. The molecule has 0 heterocycles.